The molecule has 0 aliphatic rings. The molecule has 0 saturated carbocycles. The van der Waals surface area contributed by atoms with Crippen molar-refractivity contribution in [3.8, 4) is 0 Å². The molecule has 0 radical (unpaired) electrons. The number of rotatable bonds is 6. The molecule has 2 aromatic rings. The van der Waals surface area contributed by atoms with Crippen LogP contribution in [0.3, 0.4) is 0 Å². The fourth-order valence-corrected chi connectivity index (χ4v) is 2.42. The van der Waals surface area contributed by atoms with Crippen molar-refractivity contribution < 1.29 is 0 Å². The molecule has 0 aliphatic heterocycles. The number of hydrogen-bond donors (Lipinski definition) is 1. The molecule has 1 atom stereocenters. The number of nitrogens with zero attached hydrogens (tertiary/aromatic N) is 1. The van der Waals surface area contributed by atoms with Crippen LogP contribution >= 0.6 is 0 Å². The lowest BCUT2D eigenvalue weighted by molar-refractivity contribution is 0.549. The van der Waals surface area contributed by atoms with Crippen molar-refractivity contribution in [2.75, 3.05) is 6.54 Å². The van der Waals surface area contributed by atoms with Gasteiger partial charge in [-0.1, -0.05) is 51.1 Å². The van der Waals surface area contributed by atoms with Gasteiger partial charge in [0.1, 0.15) is 0 Å². The molecule has 2 heteroatoms. The van der Waals surface area contributed by atoms with Crippen LogP contribution in [-0.2, 0) is 6.42 Å². The van der Waals surface area contributed by atoms with E-state index in [4.69, 9.17) is 0 Å². The maximum atomic E-state index is 4.20. The second-order valence-corrected chi connectivity index (χ2v) is 5.50. The van der Waals surface area contributed by atoms with Crippen LogP contribution in [0.25, 0.3) is 0 Å². The van der Waals surface area contributed by atoms with Crippen molar-refractivity contribution in [2.45, 2.75) is 39.2 Å². The Morgan fingerprint density at radius 1 is 1.05 bits per heavy atom. The lowest BCUT2D eigenvalue weighted by Gasteiger charge is -2.19. The maximum Gasteiger partial charge on any atom is 0.0361 e. The monoisotopic (exact) mass is 268 g/mol. The third-order valence-corrected chi connectivity index (χ3v) is 3.62. The van der Waals surface area contributed by atoms with Crippen LogP contribution in [0.5, 0.6) is 0 Å². The summed E-state index contributed by atoms with van der Waals surface area (Å²) in [4.78, 5) is 4.20. The van der Waals surface area contributed by atoms with E-state index in [1.54, 1.807) is 0 Å². The van der Waals surface area contributed by atoms with E-state index < -0.39 is 0 Å². The molecule has 106 valence electrons. The minimum absolute atomic E-state index is 0.352. The van der Waals surface area contributed by atoms with Gasteiger partial charge >= 0.3 is 0 Å². The first-order chi connectivity index (χ1) is 9.70. The average Bonchev–Trinajstić information content (AvgIpc) is 2.48. The SMILES string of the molecule is CCNC(Cc1cccnc1)c1ccc(C(C)C)cc1. The Bertz CT molecular complexity index is 503. The predicted octanol–water partition coefficient (Wildman–Crippen LogP) is 4.10. The summed E-state index contributed by atoms with van der Waals surface area (Å²) in [5, 5.41) is 3.57. The first kappa shape index (κ1) is 14.7. The van der Waals surface area contributed by atoms with Crippen LogP contribution in [0.1, 0.15) is 49.4 Å². The molecule has 1 aromatic carbocycles. The highest BCUT2D eigenvalue weighted by molar-refractivity contribution is 5.28. The van der Waals surface area contributed by atoms with Gasteiger partial charge in [0.15, 0.2) is 0 Å². The molecular formula is C18H24N2. The number of hydrogen-bond acceptors (Lipinski definition) is 2. The lowest BCUT2D eigenvalue weighted by Crippen LogP contribution is -2.23. The molecule has 0 amide bonds. The standard InChI is InChI=1S/C18H24N2/c1-4-20-18(12-15-6-5-11-19-13-15)17-9-7-16(8-10-17)14(2)3/h5-11,13-14,18,20H,4,12H2,1-3H3. The highest BCUT2D eigenvalue weighted by Crippen LogP contribution is 2.21. The van der Waals surface area contributed by atoms with Gasteiger partial charge in [0.2, 0.25) is 0 Å². The highest BCUT2D eigenvalue weighted by Gasteiger charge is 2.11. The molecule has 1 aromatic heterocycles. The highest BCUT2D eigenvalue weighted by atomic mass is 14.9. The minimum atomic E-state index is 0.352. The Labute approximate surface area is 122 Å². The van der Waals surface area contributed by atoms with Crippen molar-refractivity contribution in [2.24, 2.45) is 0 Å². The van der Waals surface area contributed by atoms with E-state index in [0.717, 1.165) is 13.0 Å². The van der Waals surface area contributed by atoms with Gasteiger partial charge in [-0.15, -0.1) is 0 Å². The zero-order chi connectivity index (χ0) is 14.4. The topological polar surface area (TPSA) is 24.9 Å². The molecule has 0 fully saturated rings. The second-order valence-electron chi connectivity index (χ2n) is 5.50. The van der Waals surface area contributed by atoms with Gasteiger partial charge in [-0.2, -0.15) is 0 Å². The third-order valence-electron chi connectivity index (χ3n) is 3.62. The summed E-state index contributed by atoms with van der Waals surface area (Å²) >= 11 is 0. The summed E-state index contributed by atoms with van der Waals surface area (Å²) in [6, 6.07) is 13.5. The summed E-state index contributed by atoms with van der Waals surface area (Å²) in [5.74, 6) is 0.583. The fraction of sp³-hybridized carbons (Fsp3) is 0.389. The molecule has 20 heavy (non-hydrogen) atoms. The van der Waals surface area contributed by atoms with Gasteiger partial charge in [-0.05, 0) is 41.6 Å². The van der Waals surface area contributed by atoms with Crippen molar-refractivity contribution in [3.05, 3.63) is 65.5 Å². The molecule has 1 heterocycles. The van der Waals surface area contributed by atoms with Crippen LogP contribution in [0, 0.1) is 0 Å². The third kappa shape index (κ3) is 3.91. The van der Waals surface area contributed by atoms with Crippen molar-refractivity contribution in [3.63, 3.8) is 0 Å². The van der Waals surface area contributed by atoms with E-state index in [0.29, 0.717) is 12.0 Å². The summed E-state index contributed by atoms with van der Waals surface area (Å²) < 4.78 is 0. The Morgan fingerprint density at radius 3 is 2.30 bits per heavy atom. The van der Waals surface area contributed by atoms with Crippen LogP contribution < -0.4 is 5.32 Å². The van der Waals surface area contributed by atoms with Gasteiger partial charge in [-0.25, -0.2) is 0 Å². The van der Waals surface area contributed by atoms with E-state index >= 15 is 0 Å². The molecule has 1 N–H and O–H groups in total. The Balaban J connectivity index is 2.15. The van der Waals surface area contributed by atoms with Crippen molar-refractivity contribution >= 4 is 0 Å². The number of aromatic nitrogens is 1. The quantitative estimate of drug-likeness (QED) is 0.853. The summed E-state index contributed by atoms with van der Waals surface area (Å²) in [5.41, 5.74) is 4.01. The molecule has 1 unspecified atom stereocenters. The van der Waals surface area contributed by atoms with E-state index in [1.165, 1.54) is 16.7 Å². The van der Waals surface area contributed by atoms with Crippen LogP contribution in [0.2, 0.25) is 0 Å². The van der Waals surface area contributed by atoms with Crippen LogP contribution in [0.4, 0.5) is 0 Å². The Morgan fingerprint density at radius 2 is 1.75 bits per heavy atom. The van der Waals surface area contributed by atoms with Gasteiger partial charge in [0.05, 0.1) is 0 Å². The normalized spacial score (nSPS) is 12.6. The molecule has 2 nitrogen and oxygen atoms in total. The first-order valence-electron chi connectivity index (χ1n) is 7.42. The van der Waals surface area contributed by atoms with Gasteiger partial charge in [0, 0.05) is 18.4 Å². The van der Waals surface area contributed by atoms with Crippen LogP contribution in [-0.4, -0.2) is 11.5 Å². The first-order valence-corrected chi connectivity index (χ1v) is 7.42. The Hall–Kier alpha value is -1.67. The van der Waals surface area contributed by atoms with Gasteiger partial charge in [0.25, 0.3) is 0 Å². The van der Waals surface area contributed by atoms with E-state index in [-0.39, 0.29) is 0 Å². The summed E-state index contributed by atoms with van der Waals surface area (Å²) in [6.45, 7) is 7.58. The molecule has 0 spiro atoms. The fourth-order valence-electron chi connectivity index (χ4n) is 2.42. The number of nitrogens with one attached hydrogen (secondary N) is 1. The molecular weight excluding hydrogens is 244 g/mol. The largest absolute Gasteiger partial charge is 0.310 e. The Kier molecular flexibility index (Phi) is 5.31. The summed E-state index contributed by atoms with van der Waals surface area (Å²) in [6.07, 6.45) is 4.75. The zero-order valence-corrected chi connectivity index (χ0v) is 12.6. The predicted molar refractivity (Wildman–Crippen MR) is 84.9 cm³/mol. The average molecular weight is 268 g/mol. The zero-order valence-electron chi connectivity index (χ0n) is 12.6. The smallest absolute Gasteiger partial charge is 0.0361 e. The molecule has 2 rings (SSSR count). The lowest BCUT2D eigenvalue weighted by atomic mass is 9.96. The van der Waals surface area contributed by atoms with Gasteiger partial charge < -0.3 is 5.32 Å². The van der Waals surface area contributed by atoms with E-state index in [1.807, 2.05) is 18.5 Å². The summed E-state index contributed by atoms with van der Waals surface area (Å²) in [7, 11) is 0. The van der Waals surface area contributed by atoms with Crippen LogP contribution in [0.15, 0.2) is 48.8 Å². The van der Waals surface area contributed by atoms with E-state index in [2.05, 4.69) is 61.4 Å². The second kappa shape index (κ2) is 7.20. The maximum absolute atomic E-state index is 4.20. The minimum Gasteiger partial charge on any atom is -0.310 e. The number of pyridine rings is 1. The molecule has 0 saturated heterocycles. The molecule has 0 aliphatic carbocycles. The molecule has 0 bridgehead atoms. The van der Waals surface area contributed by atoms with Gasteiger partial charge in [-0.3, -0.25) is 4.98 Å². The van der Waals surface area contributed by atoms with Crippen molar-refractivity contribution in [1.29, 1.82) is 0 Å². The number of likely N-dealkylation sites (N-methyl/N-ethyl adjacent to an activating group) is 1. The van der Waals surface area contributed by atoms with E-state index in [9.17, 15) is 0 Å². The number of benzene rings is 1. The van der Waals surface area contributed by atoms with Crippen molar-refractivity contribution in [1.82, 2.24) is 10.3 Å².